The van der Waals surface area contributed by atoms with Gasteiger partial charge in [0.25, 0.3) is 0 Å². The molecular weight excluding hydrogens is 314 g/mol. The molecule has 0 aliphatic carbocycles. The molecule has 0 fully saturated rings. The number of hydrogen-bond donors (Lipinski definition) is 0. The Bertz CT molecular complexity index is 731. The molecule has 0 unspecified atom stereocenters. The zero-order valence-corrected chi connectivity index (χ0v) is 13.6. The van der Waals surface area contributed by atoms with E-state index >= 15 is 0 Å². The van der Waals surface area contributed by atoms with Gasteiger partial charge in [0.2, 0.25) is 0 Å². The van der Waals surface area contributed by atoms with E-state index in [0.717, 1.165) is 28.3 Å². The molecule has 1 aromatic heterocycles. The first kappa shape index (κ1) is 15.1. The summed E-state index contributed by atoms with van der Waals surface area (Å²) in [6.07, 6.45) is 4.98. The Kier molecular flexibility index (Phi) is 5.09. The Morgan fingerprint density at radius 2 is 1.86 bits per heavy atom. The fourth-order valence-electron chi connectivity index (χ4n) is 2.05. The van der Waals surface area contributed by atoms with Crippen molar-refractivity contribution in [2.24, 2.45) is 0 Å². The number of benzene rings is 2. The summed E-state index contributed by atoms with van der Waals surface area (Å²) in [5.74, 6) is 1.51. The van der Waals surface area contributed by atoms with Crippen LogP contribution < -0.4 is 4.74 Å². The van der Waals surface area contributed by atoms with Crippen LogP contribution in [0.2, 0.25) is 0 Å². The molecule has 0 saturated carbocycles. The van der Waals surface area contributed by atoms with E-state index in [9.17, 15) is 0 Å². The van der Waals surface area contributed by atoms with E-state index in [4.69, 9.17) is 16.3 Å². The summed E-state index contributed by atoms with van der Waals surface area (Å²) in [5, 5.41) is 1.02. The van der Waals surface area contributed by atoms with Crippen molar-refractivity contribution in [3.63, 3.8) is 0 Å². The largest absolute Gasteiger partial charge is 0.494 e. The van der Waals surface area contributed by atoms with Gasteiger partial charge in [0.15, 0.2) is 0 Å². The first-order chi connectivity index (χ1) is 10.8. The van der Waals surface area contributed by atoms with E-state index in [1.807, 2.05) is 48.5 Å². The van der Waals surface area contributed by atoms with Crippen molar-refractivity contribution in [3.8, 4) is 5.75 Å². The lowest BCUT2D eigenvalue weighted by molar-refractivity contribution is 0.318. The zero-order chi connectivity index (χ0) is 15.2. The summed E-state index contributed by atoms with van der Waals surface area (Å²) < 4.78 is 6.80. The van der Waals surface area contributed by atoms with Crippen LogP contribution in [0.5, 0.6) is 5.75 Å². The summed E-state index contributed by atoms with van der Waals surface area (Å²) in [4.78, 5) is 4.59. The number of thiazole rings is 1. The van der Waals surface area contributed by atoms with E-state index in [1.54, 1.807) is 11.3 Å². The molecule has 3 rings (SSSR count). The van der Waals surface area contributed by atoms with Gasteiger partial charge in [-0.2, -0.15) is 0 Å². The van der Waals surface area contributed by atoms with Crippen molar-refractivity contribution in [3.05, 3.63) is 59.1 Å². The predicted molar refractivity (Wildman–Crippen MR) is 95.8 cm³/mol. The minimum Gasteiger partial charge on any atom is -0.494 e. The lowest BCUT2D eigenvalue weighted by Gasteiger charge is -2.04. The fourth-order valence-corrected chi connectivity index (χ4v) is 3.03. The molecule has 0 bridgehead atoms. The highest BCUT2D eigenvalue weighted by Gasteiger charge is 1.99. The van der Waals surface area contributed by atoms with Gasteiger partial charge in [-0.05, 0) is 42.3 Å². The van der Waals surface area contributed by atoms with Crippen LogP contribution in [0, 0.1) is 0 Å². The van der Waals surface area contributed by atoms with Crippen LogP contribution in [0.15, 0.2) is 48.5 Å². The monoisotopic (exact) mass is 329 g/mol. The van der Waals surface area contributed by atoms with Crippen LogP contribution in [0.3, 0.4) is 0 Å². The van der Waals surface area contributed by atoms with Crippen molar-refractivity contribution in [2.45, 2.75) is 6.42 Å². The Morgan fingerprint density at radius 3 is 2.64 bits per heavy atom. The molecule has 3 aromatic rings. The van der Waals surface area contributed by atoms with Gasteiger partial charge in [0, 0.05) is 5.88 Å². The van der Waals surface area contributed by atoms with E-state index in [2.05, 4.69) is 17.1 Å². The topological polar surface area (TPSA) is 22.1 Å². The molecule has 22 heavy (non-hydrogen) atoms. The molecule has 0 aliphatic heterocycles. The van der Waals surface area contributed by atoms with Crippen LogP contribution in [-0.2, 0) is 0 Å². The molecule has 112 valence electrons. The van der Waals surface area contributed by atoms with Crippen LogP contribution in [0.25, 0.3) is 22.4 Å². The number of fused-ring (bicyclic) bond motifs is 1. The van der Waals surface area contributed by atoms with Gasteiger partial charge in [0.05, 0.1) is 16.8 Å². The number of para-hydroxylation sites is 1. The molecule has 0 spiro atoms. The molecule has 0 N–H and O–H groups in total. The van der Waals surface area contributed by atoms with Gasteiger partial charge < -0.3 is 4.74 Å². The normalized spacial score (nSPS) is 11.3. The first-order valence-corrected chi connectivity index (χ1v) is 8.53. The SMILES string of the molecule is ClCCCOc1ccc(/C=C/c2nc3ccccc3s2)cc1. The third kappa shape index (κ3) is 3.87. The van der Waals surface area contributed by atoms with E-state index < -0.39 is 0 Å². The number of aromatic nitrogens is 1. The lowest BCUT2D eigenvalue weighted by Crippen LogP contribution is -1.97. The average Bonchev–Trinajstić information content (AvgIpc) is 2.97. The Morgan fingerprint density at radius 1 is 1.05 bits per heavy atom. The van der Waals surface area contributed by atoms with E-state index in [1.165, 1.54) is 4.70 Å². The summed E-state index contributed by atoms with van der Waals surface area (Å²) in [6, 6.07) is 16.2. The Labute approximate surface area is 139 Å². The maximum Gasteiger partial charge on any atom is 0.119 e. The highest BCUT2D eigenvalue weighted by molar-refractivity contribution is 7.19. The average molecular weight is 330 g/mol. The summed E-state index contributed by atoms with van der Waals surface area (Å²) >= 11 is 7.33. The Balaban J connectivity index is 1.67. The standard InChI is InChI=1S/C18H16ClNOS/c19-12-3-13-21-15-9-6-14(7-10-15)8-11-18-20-16-4-1-2-5-17(16)22-18/h1-2,4-11H,3,12-13H2/b11-8+. The summed E-state index contributed by atoms with van der Waals surface area (Å²) in [6.45, 7) is 0.657. The highest BCUT2D eigenvalue weighted by Crippen LogP contribution is 2.23. The van der Waals surface area contributed by atoms with Gasteiger partial charge in [-0.1, -0.05) is 30.3 Å². The molecule has 0 radical (unpaired) electrons. The minimum atomic E-state index is 0.628. The number of alkyl halides is 1. The number of nitrogens with zero attached hydrogens (tertiary/aromatic N) is 1. The zero-order valence-electron chi connectivity index (χ0n) is 12.0. The lowest BCUT2D eigenvalue weighted by atomic mass is 10.2. The number of rotatable bonds is 6. The summed E-state index contributed by atoms with van der Waals surface area (Å²) in [5.41, 5.74) is 2.18. The van der Waals surface area contributed by atoms with Crippen molar-refractivity contribution < 1.29 is 4.74 Å². The van der Waals surface area contributed by atoms with E-state index in [0.29, 0.717) is 12.5 Å². The van der Waals surface area contributed by atoms with Crippen molar-refractivity contribution in [2.75, 3.05) is 12.5 Å². The van der Waals surface area contributed by atoms with Crippen LogP contribution in [0.4, 0.5) is 0 Å². The molecule has 4 heteroatoms. The maximum atomic E-state index is 5.63. The van der Waals surface area contributed by atoms with E-state index in [-0.39, 0.29) is 0 Å². The smallest absolute Gasteiger partial charge is 0.119 e. The molecule has 1 heterocycles. The van der Waals surface area contributed by atoms with Gasteiger partial charge in [0.1, 0.15) is 10.8 Å². The third-order valence-electron chi connectivity index (χ3n) is 3.16. The second-order valence-electron chi connectivity index (χ2n) is 4.81. The number of halogens is 1. The quantitative estimate of drug-likeness (QED) is 0.441. The van der Waals surface area contributed by atoms with Crippen LogP contribution >= 0.6 is 22.9 Å². The maximum absolute atomic E-state index is 5.63. The first-order valence-electron chi connectivity index (χ1n) is 7.17. The van der Waals surface area contributed by atoms with Crippen LogP contribution in [0.1, 0.15) is 17.0 Å². The van der Waals surface area contributed by atoms with Crippen LogP contribution in [-0.4, -0.2) is 17.5 Å². The van der Waals surface area contributed by atoms with Gasteiger partial charge >= 0.3 is 0 Å². The third-order valence-corrected chi connectivity index (χ3v) is 4.42. The van der Waals surface area contributed by atoms with Crippen molar-refractivity contribution in [1.82, 2.24) is 4.98 Å². The number of hydrogen-bond acceptors (Lipinski definition) is 3. The molecule has 0 aliphatic rings. The minimum absolute atomic E-state index is 0.628. The van der Waals surface area contributed by atoms with Gasteiger partial charge in [-0.25, -0.2) is 4.98 Å². The molecular formula is C18H16ClNOS. The van der Waals surface area contributed by atoms with Crippen molar-refractivity contribution >= 4 is 45.3 Å². The number of ether oxygens (including phenoxy) is 1. The second kappa shape index (κ2) is 7.43. The van der Waals surface area contributed by atoms with Crippen molar-refractivity contribution in [1.29, 1.82) is 0 Å². The molecule has 0 atom stereocenters. The molecule has 2 aromatic carbocycles. The Hall–Kier alpha value is -1.84. The highest BCUT2D eigenvalue weighted by atomic mass is 35.5. The summed E-state index contributed by atoms with van der Waals surface area (Å²) in [7, 11) is 0. The fraction of sp³-hybridized carbons (Fsp3) is 0.167. The predicted octanol–water partition coefficient (Wildman–Crippen LogP) is 5.47. The van der Waals surface area contributed by atoms with Gasteiger partial charge in [-0.3, -0.25) is 0 Å². The van der Waals surface area contributed by atoms with Gasteiger partial charge in [-0.15, -0.1) is 22.9 Å². The molecule has 0 saturated heterocycles. The molecule has 2 nitrogen and oxygen atoms in total. The molecule has 0 amide bonds. The second-order valence-corrected chi connectivity index (χ2v) is 6.25.